The van der Waals surface area contributed by atoms with Gasteiger partial charge in [-0.3, -0.25) is 4.79 Å². The molecule has 7 heteroatoms. The highest BCUT2D eigenvalue weighted by atomic mass is 32.1. The summed E-state index contributed by atoms with van der Waals surface area (Å²) >= 11 is 3.12. The number of thiazole rings is 2. The summed E-state index contributed by atoms with van der Waals surface area (Å²) in [4.78, 5) is 21.5. The maximum absolute atomic E-state index is 12.8. The molecule has 1 amide bonds. The number of carbonyl (C=O) groups excluding carboxylic acids is 1. The first-order valence-electron chi connectivity index (χ1n) is 8.62. The van der Waals surface area contributed by atoms with Crippen molar-refractivity contribution >= 4 is 34.3 Å². The molecule has 4 aromatic rings. The SMILES string of the molecule is Cc1nc(-c2cccc(NC(=O)c3ccccc3OCc3cscn3)c2)cs1. The highest BCUT2D eigenvalue weighted by molar-refractivity contribution is 7.09. The van der Waals surface area contributed by atoms with E-state index >= 15 is 0 Å². The summed E-state index contributed by atoms with van der Waals surface area (Å²) in [6.45, 7) is 2.30. The normalized spacial score (nSPS) is 10.6. The van der Waals surface area contributed by atoms with Crippen LogP contribution in [0.15, 0.2) is 64.8 Å². The van der Waals surface area contributed by atoms with Crippen LogP contribution in [0.5, 0.6) is 5.75 Å². The fourth-order valence-corrected chi connectivity index (χ4v) is 3.86. The smallest absolute Gasteiger partial charge is 0.259 e. The second kappa shape index (κ2) is 8.33. The molecule has 0 aliphatic heterocycles. The largest absolute Gasteiger partial charge is 0.486 e. The zero-order valence-electron chi connectivity index (χ0n) is 15.1. The number of aromatic nitrogens is 2. The Kier molecular flexibility index (Phi) is 5.45. The predicted molar refractivity (Wildman–Crippen MR) is 113 cm³/mol. The van der Waals surface area contributed by atoms with Crippen LogP contribution in [0.2, 0.25) is 0 Å². The summed E-state index contributed by atoms with van der Waals surface area (Å²) < 4.78 is 5.81. The zero-order valence-corrected chi connectivity index (χ0v) is 16.7. The molecule has 0 saturated heterocycles. The van der Waals surface area contributed by atoms with Gasteiger partial charge in [0, 0.05) is 22.0 Å². The molecule has 0 aliphatic carbocycles. The predicted octanol–water partition coefficient (Wildman–Crippen LogP) is 5.41. The molecule has 4 rings (SSSR count). The molecule has 0 unspecified atom stereocenters. The van der Waals surface area contributed by atoms with Crippen molar-refractivity contribution in [2.75, 3.05) is 5.32 Å². The summed E-state index contributed by atoms with van der Waals surface area (Å²) in [6.07, 6.45) is 0. The second-order valence-electron chi connectivity index (χ2n) is 6.05. The molecular formula is C21H17N3O2S2. The van der Waals surface area contributed by atoms with Gasteiger partial charge in [0.2, 0.25) is 0 Å². The number of benzene rings is 2. The number of nitrogens with zero attached hydrogens (tertiary/aromatic N) is 2. The molecule has 1 N–H and O–H groups in total. The second-order valence-corrected chi connectivity index (χ2v) is 7.83. The van der Waals surface area contributed by atoms with Gasteiger partial charge in [-0.05, 0) is 31.2 Å². The number of aryl methyl sites for hydroxylation is 1. The van der Waals surface area contributed by atoms with Gasteiger partial charge in [-0.15, -0.1) is 22.7 Å². The summed E-state index contributed by atoms with van der Waals surface area (Å²) in [6, 6.07) is 14.9. The Morgan fingerprint density at radius 3 is 2.82 bits per heavy atom. The Labute approximate surface area is 170 Å². The number of hydrogen-bond donors (Lipinski definition) is 1. The van der Waals surface area contributed by atoms with Crippen LogP contribution in [0.3, 0.4) is 0 Å². The van der Waals surface area contributed by atoms with E-state index < -0.39 is 0 Å². The monoisotopic (exact) mass is 407 g/mol. The van der Waals surface area contributed by atoms with Crippen molar-refractivity contribution in [3.8, 4) is 17.0 Å². The molecule has 5 nitrogen and oxygen atoms in total. The molecule has 2 heterocycles. The summed E-state index contributed by atoms with van der Waals surface area (Å²) in [7, 11) is 0. The Balaban J connectivity index is 1.51. The van der Waals surface area contributed by atoms with Gasteiger partial charge >= 0.3 is 0 Å². The number of rotatable bonds is 6. The van der Waals surface area contributed by atoms with E-state index in [1.54, 1.807) is 29.0 Å². The van der Waals surface area contributed by atoms with Crippen LogP contribution in [0.1, 0.15) is 21.1 Å². The number of amides is 1. The zero-order chi connectivity index (χ0) is 19.3. The molecule has 2 aromatic carbocycles. The molecule has 0 atom stereocenters. The minimum absolute atomic E-state index is 0.222. The number of anilines is 1. The van der Waals surface area contributed by atoms with Crippen LogP contribution in [0, 0.1) is 6.92 Å². The van der Waals surface area contributed by atoms with E-state index in [0.29, 0.717) is 23.6 Å². The molecule has 0 spiro atoms. The summed E-state index contributed by atoms with van der Waals surface area (Å²) in [5.74, 6) is 0.305. The van der Waals surface area contributed by atoms with Crippen LogP contribution >= 0.6 is 22.7 Å². The molecule has 140 valence electrons. The van der Waals surface area contributed by atoms with Gasteiger partial charge in [-0.1, -0.05) is 24.3 Å². The molecule has 0 aliphatic rings. The number of ether oxygens (including phenoxy) is 1. The Bertz CT molecular complexity index is 1090. The Morgan fingerprint density at radius 2 is 2.04 bits per heavy atom. The van der Waals surface area contributed by atoms with Crippen LogP contribution in [-0.4, -0.2) is 15.9 Å². The van der Waals surface area contributed by atoms with Crippen LogP contribution in [0.4, 0.5) is 5.69 Å². The van der Waals surface area contributed by atoms with E-state index in [4.69, 9.17) is 4.74 Å². The van der Waals surface area contributed by atoms with Gasteiger partial charge in [-0.2, -0.15) is 0 Å². The quantitative estimate of drug-likeness (QED) is 0.464. The van der Waals surface area contributed by atoms with Gasteiger partial charge in [0.25, 0.3) is 5.91 Å². The van der Waals surface area contributed by atoms with E-state index in [2.05, 4.69) is 15.3 Å². The standard InChI is InChI=1S/C21H17N3O2S2/c1-14-23-19(12-28-14)15-5-4-6-16(9-15)24-21(25)18-7-2-3-8-20(18)26-10-17-11-27-13-22-17/h2-9,11-13H,10H2,1H3,(H,24,25). The first kappa shape index (κ1) is 18.3. The molecule has 0 radical (unpaired) electrons. The van der Waals surface area contributed by atoms with Crippen LogP contribution < -0.4 is 10.1 Å². The fourth-order valence-electron chi connectivity index (χ4n) is 2.69. The average molecular weight is 408 g/mol. The first-order valence-corrected chi connectivity index (χ1v) is 10.4. The number of carbonyl (C=O) groups is 1. The van der Waals surface area contributed by atoms with Gasteiger partial charge < -0.3 is 10.1 Å². The fraction of sp³-hybridized carbons (Fsp3) is 0.0952. The minimum atomic E-state index is -0.222. The molecule has 0 saturated carbocycles. The molecular weight excluding hydrogens is 390 g/mol. The summed E-state index contributed by atoms with van der Waals surface area (Å²) in [5.41, 5.74) is 5.66. The lowest BCUT2D eigenvalue weighted by Gasteiger charge is -2.11. The van der Waals surface area contributed by atoms with Gasteiger partial charge in [-0.25, -0.2) is 9.97 Å². The van der Waals surface area contributed by atoms with Gasteiger partial charge in [0.1, 0.15) is 12.4 Å². The average Bonchev–Trinajstić information content (AvgIpc) is 3.38. The highest BCUT2D eigenvalue weighted by Crippen LogP contribution is 2.25. The van der Waals surface area contributed by atoms with Crippen molar-refractivity contribution in [3.63, 3.8) is 0 Å². The Morgan fingerprint density at radius 1 is 1.14 bits per heavy atom. The van der Waals surface area contributed by atoms with Crippen molar-refractivity contribution in [1.29, 1.82) is 0 Å². The van der Waals surface area contributed by atoms with E-state index in [1.807, 2.05) is 54.1 Å². The third-order valence-electron chi connectivity index (χ3n) is 4.03. The van der Waals surface area contributed by atoms with E-state index in [1.165, 1.54) is 11.3 Å². The minimum Gasteiger partial charge on any atom is -0.486 e. The third-order valence-corrected chi connectivity index (χ3v) is 5.43. The van der Waals surface area contributed by atoms with E-state index in [9.17, 15) is 4.79 Å². The Hall–Kier alpha value is -3.03. The van der Waals surface area contributed by atoms with E-state index in [-0.39, 0.29) is 5.91 Å². The lowest BCUT2D eigenvalue weighted by molar-refractivity contribution is 0.102. The molecule has 2 aromatic heterocycles. The first-order chi connectivity index (χ1) is 13.7. The number of hydrogen-bond acceptors (Lipinski definition) is 6. The van der Waals surface area contributed by atoms with Crippen molar-refractivity contribution < 1.29 is 9.53 Å². The lowest BCUT2D eigenvalue weighted by atomic mass is 10.1. The van der Waals surface area contributed by atoms with Crippen molar-refractivity contribution in [3.05, 3.63) is 81.1 Å². The lowest BCUT2D eigenvalue weighted by Crippen LogP contribution is -2.13. The summed E-state index contributed by atoms with van der Waals surface area (Å²) in [5, 5.41) is 7.90. The molecule has 0 bridgehead atoms. The molecule has 0 fully saturated rings. The highest BCUT2D eigenvalue weighted by Gasteiger charge is 2.13. The van der Waals surface area contributed by atoms with Crippen molar-refractivity contribution in [2.45, 2.75) is 13.5 Å². The van der Waals surface area contributed by atoms with Crippen LogP contribution in [-0.2, 0) is 6.61 Å². The van der Waals surface area contributed by atoms with Crippen LogP contribution in [0.25, 0.3) is 11.3 Å². The molecule has 28 heavy (non-hydrogen) atoms. The van der Waals surface area contributed by atoms with Crippen molar-refractivity contribution in [2.24, 2.45) is 0 Å². The number of para-hydroxylation sites is 1. The van der Waals surface area contributed by atoms with Gasteiger partial charge in [0.15, 0.2) is 0 Å². The van der Waals surface area contributed by atoms with E-state index in [0.717, 1.165) is 22.0 Å². The topological polar surface area (TPSA) is 64.1 Å². The van der Waals surface area contributed by atoms with Gasteiger partial charge in [0.05, 0.1) is 27.5 Å². The number of nitrogens with one attached hydrogen (secondary N) is 1. The maximum atomic E-state index is 12.8. The van der Waals surface area contributed by atoms with Crippen molar-refractivity contribution in [1.82, 2.24) is 9.97 Å². The maximum Gasteiger partial charge on any atom is 0.259 e. The third kappa shape index (κ3) is 4.27.